The number of hydrogen-bond acceptors (Lipinski definition) is 3. The molecule has 0 radical (unpaired) electrons. The smallest absolute Gasteiger partial charge is 0.423 e. The summed E-state index contributed by atoms with van der Waals surface area (Å²) in [5, 5.41) is 18.8. The standard InChI is InChI=1S/C24H20BNO2/c27-25(28)21-14-16-23(17-15-21)26(22-11-5-2-6-12-22)24-13-7-10-20(18-24)19-8-3-1-4-9-19/h1-18,27-28H. The average molecular weight is 365 g/mol. The van der Waals surface area contributed by atoms with Gasteiger partial charge in [-0.05, 0) is 53.0 Å². The topological polar surface area (TPSA) is 43.7 Å². The van der Waals surface area contributed by atoms with E-state index in [-0.39, 0.29) is 0 Å². The Bertz CT molecular complexity index is 1030. The van der Waals surface area contributed by atoms with Crippen molar-refractivity contribution < 1.29 is 10.0 Å². The van der Waals surface area contributed by atoms with E-state index in [2.05, 4.69) is 53.4 Å². The molecule has 4 heteroatoms. The van der Waals surface area contributed by atoms with Crippen molar-refractivity contribution in [2.45, 2.75) is 0 Å². The maximum Gasteiger partial charge on any atom is 0.488 e. The van der Waals surface area contributed by atoms with E-state index in [1.165, 1.54) is 0 Å². The first-order chi connectivity index (χ1) is 13.7. The van der Waals surface area contributed by atoms with Crippen molar-refractivity contribution in [2.75, 3.05) is 4.90 Å². The quantitative estimate of drug-likeness (QED) is 0.512. The maximum atomic E-state index is 9.39. The largest absolute Gasteiger partial charge is 0.488 e. The highest BCUT2D eigenvalue weighted by molar-refractivity contribution is 6.58. The van der Waals surface area contributed by atoms with Crippen molar-refractivity contribution in [1.29, 1.82) is 0 Å². The lowest BCUT2D eigenvalue weighted by molar-refractivity contribution is 0.426. The predicted octanol–water partition coefficient (Wildman–Crippen LogP) is 4.50. The average Bonchev–Trinajstić information content (AvgIpc) is 2.76. The second-order valence-electron chi connectivity index (χ2n) is 6.55. The van der Waals surface area contributed by atoms with E-state index in [0.29, 0.717) is 5.46 Å². The zero-order valence-electron chi connectivity index (χ0n) is 15.3. The Balaban J connectivity index is 1.80. The molecule has 0 bridgehead atoms. The Hall–Kier alpha value is -3.34. The van der Waals surface area contributed by atoms with Gasteiger partial charge in [0.1, 0.15) is 0 Å². The molecule has 0 heterocycles. The van der Waals surface area contributed by atoms with E-state index >= 15 is 0 Å². The molecule has 0 spiro atoms. The minimum atomic E-state index is -1.47. The van der Waals surface area contributed by atoms with Gasteiger partial charge < -0.3 is 14.9 Å². The van der Waals surface area contributed by atoms with Crippen LogP contribution in [0.3, 0.4) is 0 Å². The molecule has 0 fully saturated rings. The van der Waals surface area contributed by atoms with E-state index in [0.717, 1.165) is 28.2 Å². The Morgan fingerprint density at radius 3 is 1.68 bits per heavy atom. The van der Waals surface area contributed by atoms with Gasteiger partial charge in [-0.15, -0.1) is 0 Å². The van der Waals surface area contributed by atoms with Crippen LogP contribution in [0, 0.1) is 0 Å². The van der Waals surface area contributed by atoms with Crippen LogP contribution in [0.2, 0.25) is 0 Å². The maximum absolute atomic E-state index is 9.39. The highest BCUT2D eigenvalue weighted by Crippen LogP contribution is 2.35. The number of nitrogens with zero attached hydrogens (tertiary/aromatic N) is 1. The van der Waals surface area contributed by atoms with Crippen LogP contribution in [0.4, 0.5) is 17.1 Å². The molecule has 0 aromatic heterocycles. The summed E-state index contributed by atoms with van der Waals surface area (Å²) >= 11 is 0. The van der Waals surface area contributed by atoms with Gasteiger partial charge in [-0.25, -0.2) is 0 Å². The number of rotatable bonds is 5. The fourth-order valence-corrected chi connectivity index (χ4v) is 3.27. The molecular formula is C24H20BNO2. The Morgan fingerprint density at radius 1 is 0.500 bits per heavy atom. The van der Waals surface area contributed by atoms with Crippen LogP contribution in [0.5, 0.6) is 0 Å². The summed E-state index contributed by atoms with van der Waals surface area (Å²) in [7, 11) is -1.47. The fraction of sp³-hybridized carbons (Fsp3) is 0. The number of benzene rings is 4. The third-order valence-electron chi connectivity index (χ3n) is 4.68. The molecule has 0 aliphatic carbocycles. The highest BCUT2D eigenvalue weighted by Gasteiger charge is 2.15. The molecule has 0 amide bonds. The fourth-order valence-electron chi connectivity index (χ4n) is 3.27. The second-order valence-corrected chi connectivity index (χ2v) is 6.55. The van der Waals surface area contributed by atoms with Crippen LogP contribution < -0.4 is 10.4 Å². The van der Waals surface area contributed by atoms with Crippen LogP contribution in [0.25, 0.3) is 11.1 Å². The third kappa shape index (κ3) is 3.84. The minimum absolute atomic E-state index is 0.467. The van der Waals surface area contributed by atoms with Gasteiger partial charge in [0.05, 0.1) is 0 Å². The summed E-state index contributed by atoms with van der Waals surface area (Å²) in [6.45, 7) is 0. The van der Waals surface area contributed by atoms with Crippen LogP contribution in [-0.2, 0) is 0 Å². The van der Waals surface area contributed by atoms with Crippen molar-refractivity contribution in [3.8, 4) is 11.1 Å². The van der Waals surface area contributed by atoms with Gasteiger partial charge in [-0.3, -0.25) is 0 Å². The van der Waals surface area contributed by atoms with Crippen LogP contribution >= 0.6 is 0 Å². The predicted molar refractivity (Wildman–Crippen MR) is 116 cm³/mol. The Labute approximate surface area is 165 Å². The van der Waals surface area contributed by atoms with Crippen LogP contribution in [-0.4, -0.2) is 17.2 Å². The number of para-hydroxylation sites is 1. The van der Waals surface area contributed by atoms with Crippen molar-refractivity contribution in [3.05, 3.63) is 109 Å². The zero-order valence-corrected chi connectivity index (χ0v) is 15.3. The molecule has 4 rings (SSSR count). The van der Waals surface area contributed by atoms with Crippen molar-refractivity contribution >= 4 is 29.6 Å². The third-order valence-corrected chi connectivity index (χ3v) is 4.68. The molecule has 3 nitrogen and oxygen atoms in total. The lowest BCUT2D eigenvalue weighted by Crippen LogP contribution is -2.29. The van der Waals surface area contributed by atoms with Crippen molar-refractivity contribution in [3.63, 3.8) is 0 Å². The van der Waals surface area contributed by atoms with E-state index in [4.69, 9.17) is 0 Å². The summed E-state index contributed by atoms with van der Waals surface area (Å²) in [5.41, 5.74) is 5.78. The molecule has 136 valence electrons. The zero-order chi connectivity index (χ0) is 19.3. The van der Waals surface area contributed by atoms with Crippen molar-refractivity contribution in [1.82, 2.24) is 0 Å². The van der Waals surface area contributed by atoms with E-state index < -0.39 is 7.12 Å². The summed E-state index contributed by atoms with van der Waals surface area (Å²) in [6.07, 6.45) is 0. The van der Waals surface area contributed by atoms with Crippen LogP contribution in [0.1, 0.15) is 0 Å². The van der Waals surface area contributed by atoms with Crippen LogP contribution in [0.15, 0.2) is 109 Å². The van der Waals surface area contributed by atoms with Gasteiger partial charge in [0.15, 0.2) is 0 Å². The van der Waals surface area contributed by atoms with Gasteiger partial charge in [-0.1, -0.05) is 72.8 Å². The summed E-state index contributed by atoms with van der Waals surface area (Å²) in [5.74, 6) is 0. The summed E-state index contributed by atoms with van der Waals surface area (Å²) < 4.78 is 0. The lowest BCUT2D eigenvalue weighted by atomic mass is 9.80. The first kappa shape index (κ1) is 18.0. The lowest BCUT2D eigenvalue weighted by Gasteiger charge is -2.26. The molecule has 0 atom stereocenters. The summed E-state index contributed by atoms with van der Waals surface area (Å²) in [4.78, 5) is 2.15. The molecule has 2 N–H and O–H groups in total. The number of hydrogen-bond donors (Lipinski definition) is 2. The minimum Gasteiger partial charge on any atom is -0.423 e. The summed E-state index contributed by atoms with van der Waals surface area (Å²) in [6, 6.07) is 36.1. The van der Waals surface area contributed by atoms with E-state index in [1.54, 1.807) is 12.1 Å². The monoisotopic (exact) mass is 365 g/mol. The highest BCUT2D eigenvalue weighted by atomic mass is 16.4. The van der Waals surface area contributed by atoms with Gasteiger partial charge in [0, 0.05) is 17.1 Å². The first-order valence-electron chi connectivity index (χ1n) is 9.19. The van der Waals surface area contributed by atoms with Gasteiger partial charge >= 0.3 is 7.12 Å². The molecule has 4 aromatic rings. The van der Waals surface area contributed by atoms with Gasteiger partial charge in [0.25, 0.3) is 0 Å². The molecular weight excluding hydrogens is 345 g/mol. The normalized spacial score (nSPS) is 10.5. The van der Waals surface area contributed by atoms with Crippen molar-refractivity contribution in [2.24, 2.45) is 0 Å². The molecule has 0 unspecified atom stereocenters. The SMILES string of the molecule is OB(O)c1ccc(N(c2ccccc2)c2cccc(-c3ccccc3)c2)cc1. The van der Waals surface area contributed by atoms with E-state index in [9.17, 15) is 10.0 Å². The molecule has 0 aliphatic rings. The van der Waals surface area contributed by atoms with Gasteiger partial charge in [0.2, 0.25) is 0 Å². The van der Waals surface area contributed by atoms with E-state index in [1.807, 2.05) is 48.5 Å². The molecule has 0 saturated carbocycles. The molecule has 0 saturated heterocycles. The first-order valence-corrected chi connectivity index (χ1v) is 9.19. The Kier molecular flexibility index (Phi) is 5.24. The molecule has 28 heavy (non-hydrogen) atoms. The Morgan fingerprint density at radius 2 is 1.04 bits per heavy atom. The second kappa shape index (κ2) is 8.13. The molecule has 4 aromatic carbocycles. The van der Waals surface area contributed by atoms with Gasteiger partial charge in [-0.2, -0.15) is 0 Å². The molecule has 0 aliphatic heterocycles. The number of anilines is 3.